The van der Waals surface area contributed by atoms with Crippen LogP contribution in [-0.2, 0) is 6.54 Å². The van der Waals surface area contributed by atoms with Gasteiger partial charge in [-0.05, 0) is 37.6 Å². The molecule has 0 aliphatic carbocycles. The average Bonchev–Trinajstić information content (AvgIpc) is 3.12. The molecule has 3 unspecified atom stereocenters. The molecule has 2 heterocycles. The van der Waals surface area contributed by atoms with Crippen LogP contribution in [0.25, 0.3) is 11.1 Å². The molecule has 1 aromatic carbocycles. The fraction of sp³-hybridized carbons (Fsp3) is 0.450. The molecule has 0 saturated carbocycles. The number of hydrogen-bond donors (Lipinski definition) is 1. The van der Waals surface area contributed by atoms with Crippen molar-refractivity contribution in [2.75, 3.05) is 13.1 Å². The summed E-state index contributed by atoms with van der Waals surface area (Å²) in [5.41, 5.74) is 1.90. The van der Waals surface area contributed by atoms with Crippen LogP contribution in [0.3, 0.4) is 0 Å². The van der Waals surface area contributed by atoms with Crippen molar-refractivity contribution in [1.82, 2.24) is 4.90 Å². The molecule has 3 atom stereocenters. The number of likely N-dealkylation sites (tertiary alicyclic amines) is 1. The third-order valence-electron chi connectivity index (χ3n) is 5.58. The Labute approximate surface area is 147 Å². The lowest BCUT2D eigenvalue weighted by Gasteiger charge is -2.43. The van der Waals surface area contributed by atoms with E-state index in [1.807, 2.05) is 24.0 Å². The molecular weight excluding hydrogens is 319 g/mol. The van der Waals surface area contributed by atoms with Crippen LogP contribution in [0.5, 0.6) is 5.75 Å². The van der Waals surface area contributed by atoms with Crippen molar-refractivity contribution >= 4 is 0 Å². The minimum atomic E-state index is -1.03. The van der Waals surface area contributed by atoms with Gasteiger partial charge in [0.25, 0.3) is 0 Å². The van der Waals surface area contributed by atoms with Gasteiger partial charge in [0.1, 0.15) is 11.9 Å². The second-order valence-corrected chi connectivity index (χ2v) is 7.17. The molecule has 1 aliphatic rings. The van der Waals surface area contributed by atoms with Gasteiger partial charge in [-0.1, -0.05) is 19.1 Å². The zero-order valence-corrected chi connectivity index (χ0v) is 14.6. The molecule has 0 amide bonds. The molecule has 1 fully saturated rings. The number of benzene rings is 1. The lowest BCUT2D eigenvalue weighted by molar-refractivity contribution is -0.00563. The molecule has 1 aromatic heterocycles. The van der Waals surface area contributed by atoms with Crippen molar-refractivity contribution in [3.05, 3.63) is 42.4 Å². The smallest absolute Gasteiger partial charge is 0.123 e. The third kappa shape index (κ3) is 3.40. The van der Waals surface area contributed by atoms with Crippen LogP contribution in [-0.4, -0.2) is 29.3 Å². The van der Waals surface area contributed by atoms with Gasteiger partial charge in [-0.25, -0.2) is 4.39 Å². The van der Waals surface area contributed by atoms with Gasteiger partial charge >= 0.3 is 0 Å². The van der Waals surface area contributed by atoms with Crippen LogP contribution in [0.1, 0.15) is 25.8 Å². The number of rotatable bonds is 4. The molecule has 0 spiro atoms. The highest BCUT2D eigenvalue weighted by atomic mass is 19.1. The molecule has 1 N–H and O–H groups in total. The maximum absolute atomic E-state index is 14.7. The van der Waals surface area contributed by atoms with Crippen molar-refractivity contribution in [3.8, 4) is 22.9 Å². The lowest BCUT2D eigenvalue weighted by Crippen LogP contribution is -2.49. The number of nitrogens with zero attached hydrogens (tertiary/aromatic N) is 2. The Morgan fingerprint density at radius 3 is 2.88 bits per heavy atom. The van der Waals surface area contributed by atoms with E-state index in [1.54, 1.807) is 31.6 Å². The highest BCUT2D eigenvalue weighted by Gasteiger charge is 2.43. The van der Waals surface area contributed by atoms with Crippen LogP contribution in [0.4, 0.5) is 4.39 Å². The zero-order valence-electron chi connectivity index (χ0n) is 14.6. The summed E-state index contributed by atoms with van der Waals surface area (Å²) in [5, 5.41) is 19.4. The van der Waals surface area contributed by atoms with Crippen molar-refractivity contribution < 1.29 is 13.9 Å². The van der Waals surface area contributed by atoms with E-state index in [1.165, 1.54) is 0 Å². The number of halogens is 1. The summed E-state index contributed by atoms with van der Waals surface area (Å²) in [4.78, 5) is 2.04. The van der Waals surface area contributed by atoms with Crippen molar-refractivity contribution in [2.45, 2.75) is 33.0 Å². The highest BCUT2D eigenvalue weighted by molar-refractivity contribution is 5.69. The van der Waals surface area contributed by atoms with Gasteiger partial charge in [0.15, 0.2) is 0 Å². The van der Waals surface area contributed by atoms with Crippen LogP contribution in [0.15, 0.2) is 41.2 Å². The Bertz CT molecular complexity index is 768. The summed E-state index contributed by atoms with van der Waals surface area (Å²) in [5.74, 6) is -0.112. The maximum atomic E-state index is 14.7. The number of phenolic OH excluding ortho intramolecular Hbond substituents is 1. The molecule has 3 rings (SSSR count). The summed E-state index contributed by atoms with van der Waals surface area (Å²) in [6, 6.07) is 9.52. The van der Waals surface area contributed by atoms with Gasteiger partial charge in [-0.15, -0.1) is 0 Å². The topological polar surface area (TPSA) is 60.4 Å². The largest absolute Gasteiger partial charge is 0.507 e. The van der Waals surface area contributed by atoms with E-state index in [0.717, 1.165) is 23.2 Å². The normalized spacial score (nSPS) is 25.4. The number of nitriles is 1. The predicted octanol–water partition coefficient (Wildman–Crippen LogP) is 4.36. The minimum Gasteiger partial charge on any atom is -0.507 e. The van der Waals surface area contributed by atoms with Gasteiger partial charge in [-0.3, -0.25) is 4.90 Å². The monoisotopic (exact) mass is 342 g/mol. The quantitative estimate of drug-likeness (QED) is 0.897. The van der Waals surface area contributed by atoms with E-state index >= 15 is 0 Å². The van der Waals surface area contributed by atoms with E-state index < -0.39 is 11.6 Å². The molecule has 25 heavy (non-hydrogen) atoms. The highest BCUT2D eigenvalue weighted by Crippen LogP contribution is 2.40. The Kier molecular flexibility index (Phi) is 4.82. The van der Waals surface area contributed by atoms with Crippen LogP contribution >= 0.6 is 0 Å². The van der Waals surface area contributed by atoms with Gasteiger partial charge in [0.2, 0.25) is 0 Å². The Hall–Kier alpha value is -2.32. The van der Waals surface area contributed by atoms with Crippen molar-refractivity contribution in [2.24, 2.45) is 11.3 Å². The van der Waals surface area contributed by atoms with E-state index in [4.69, 9.17) is 9.68 Å². The molecule has 4 nitrogen and oxygen atoms in total. The molecule has 132 valence electrons. The first-order chi connectivity index (χ1) is 11.9. The zero-order chi connectivity index (χ0) is 18.0. The number of phenols is 1. The number of piperidine rings is 1. The first-order valence-electron chi connectivity index (χ1n) is 8.54. The molecule has 5 heteroatoms. The Morgan fingerprint density at radius 1 is 1.48 bits per heavy atom. The first-order valence-corrected chi connectivity index (χ1v) is 8.54. The van der Waals surface area contributed by atoms with E-state index in [2.05, 4.69) is 6.07 Å². The molecule has 0 radical (unpaired) electrons. The Morgan fingerprint density at radius 2 is 2.28 bits per heavy atom. The fourth-order valence-electron chi connectivity index (χ4n) is 3.46. The molecular formula is C20H23FN2O2. The summed E-state index contributed by atoms with van der Waals surface area (Å²) >= 11 is 0. The summed E-state index contributed by atoms with van der Waals surface area (Å²) in [6.45, 7) is 5.31. The second-order valence-electron chi connectivity index (χ2n) is 7.17. The average molecular weight is 342 g/mol. The van der Waals surface area contributed by atoms with Gasteiger partial charge in [0.05, 0.1) is 24.5 Å². The predicted molar refractivity (Wildman–Crippen MR) is 93.5 cm³/mol. The second kappa shape index (κ2) is 6.89. The molecule has 1 saturated heterocycles. The lowest BCUT2D eigenvalue weighted by atomic mass is 9.70. The van der Waals surface area contributed by atoms with Crippen molar-refractivity contribution in [3.63, 3.8) is 0 Å². The van der Waals surface area contributed by atoms with Crippen LogP contribution in [0, 0.1) is 22.7 Å². The first kappa shape index (κ1) is 17.5. The summed E-state index contributed by atoms with van der Waals surface area (Å²) in [6.07, 6.45) is 2.78. The SMILES string of the molecule is CC(C#N)C1(C)CCN(Cc2ccc(-c3ccoc3)c(O)c2)CC1F. The van der Waals surface area contributed by atoms with E-state index in [-0.39, 0.29) is 11.7 Å². The summed E-state index contributed by atoms with van der Waals surface area (Å²) in [7, 11) is 0. The number of hydrogen-bond acceptors (Lipinski definition) is 4. The molecule has 2 aromatic rings. The molecule has 1 aliphatic heterocycles. The van der Waals surface area contributed by atoms with Gasteiger partial charge < -0.3 is 9.52 Å². The molecule has 0 bridgehead atoms. The fourth-order valence-corrected chi connectivity index (χ4v) is 3.46. The number of alkyl halides is 1. The third-order valence-corrected chi connectivity index (χ3v) is 5.58. The Balaban J connectivity index is 1.68. The van der Waals surface area contributed by atoms with Crippen LogP contribution in [0.2, 0.25) is 0 Å². The number of furan rings is 1. The van der Waals surface area contributed by atoms with Crippen molar-refractivity contribution in [1.29, 1.82) is 5.26 Å². The summed E-state index contributed by atoms with van der Waals surface area (Å²) < 4.78 is 19.8. The van der Waals surface area contributed by atoms with E-state index in [0.29, 0.717) is 19.5 Å². The number of aromatic hydroxyl groups is 1. The van der Waals surface area contributed by atoms with Gasteiger partial charge in [0, 0.05) is 29.6 Å². The van der Waals surface area contributed by atoms with Crippen LogP contribution < -0.4 is 0 Å². The van der Waals surface area contributed by atoms with E-state index in [9.17, 15) is 9.50 Å². The van der Waals surface area contributed by atoms with Gasteiger partial charge in [-0.2, -0.15) is 5.26 Å². The minimum absolute atomic E-state index is 0.190. The standard InChI is InChI=1S/C20H23FN2O2/c1-14(10-22)20(2)6-7-23(12-19(20)21)11-15-3-4-17(18(24)9-15)16-5-8-25-13-16/h3-5,8-9,13-14,19,24H,6-7,11-12H2,1-2H3. The maximum Gasteiger partial charge on any atom is 0.123 e.